The van der Waals surface area contributed by atoms with Gasteiger partial charge in [0.25, 0.3) is 10.0 Å². The van der Waals surface area contributed by atoms with Crippen molar-refractivity contribution in [2.75, 3.05) is 16.2 Å². The topological polar surface area (TPSA) is 66.5 Å². The monoisotopic (exact) mass is 386 g/mol. The van der Waals surface area contributed by atoms with Crippen LogP contribution in [0.3, 0.4) is 0 Å². The van der Waals surface area contributed by atoms with Gasteiger partial charge in [0.05, 0.1) is 4.90 Å². The van der Waals surface area contributed by atoms with Crippen molar-refractivity contribution in [2.45, 2.75) is 50.8 Å². The summed E-state index contributed by atoms with van der Waals surface area (Å²) in [6.45, 7) is 4.59. The summed E-state index contributed by atoms with van der Waals surface area (Å²) < 4.78 is 28.1. The summed E-state index contributed by atoms with van der Waals surface area (Å²) >= 11 is 0. The Hall–Kier alpha value is -2.34. The van der Waals surface area contributed by atoms with E-state index in [0.29, 0.717) is 25.1 Å². The van der Waals surface area contributed by atoms with Crippen molar-refractivity contribution < 1.29 is 13.2 Å². The Balaban J connectivity index is 1.77. The molecule has 1 aliphatic heterocycles. The number of anilines is 2. The lowest BCUT2D eigenvalue weighted by molar-refractivity contribution is -0.118. The number of unbranched alkanes of at least 4 members (excludes halogenated alkanes) is 1. The van der Waals surface area contributed by atoms with Gasteiger partial charge < -0.3 is 4.90 Å². The fourth-order valence-electron chi connectivity index (χ4n) is 3.33. The van der Waals surface area contributed by atoms with Gasteiger partial charge in [-0.05, 0) is 60.7 Å². The maximum Gasteiger partial charge on any atom is 0.261 e. The molecular formula is C21H26N2O3S. The quantitative estimate of drug-likeness (QED) is 0.778. The molecule has 1 N–H and O–H groups in total. The third-order valence-corrected chi connectivity index (χ3v) is 6.26. The van der Waals surface area contributed by atoms with E-state index in [1.54, 1.807) is 35.2 Å². The van der Waals surface area contributed by atoms with Crippen molar-refractivity contribution in [2.24, 2.45) is 0 Å². The van der Waals surface area contributed by atoms with E-state index in [-0.39, 0.29) is 10.8 Å². The van der Waals surface area contributed by atoms with Crippen LogP contribution in [0.15, 0.2) is 47.4 Å². The SMILES string of the molecule is CCCCc1ccc(NS(=O)(=O)c2ccc3c(c2)CCN3C(=O)CC)cc1. The Labute approximate surface area is 161 Å². The lowest BCUT2D eigenvalue weighted by Crippen LogP contribution is -2.27. The third-order valence-electron chi connectivity index (χ3n) is 4.89. The zero-order valence-electron chi connectivity index (χ0n) is 15.9. The highest BCUT2D eigenvalue weighted by atomic mass is 32.2. The number of carbonyl (C=O) groups excluding carboxylic acids is 1. The Kier molecular flexibility index (Phi) is 5.85. The van der Waals surface area contributed by atoms with Crippen molar-refractivity contribution in [3.8, 4) is 0 Å². The standard InChI is InChI=1S/C21H26N2O3S/c1-3-5-6-16-7-9-18(10-8-16)22-27(25,26)19-11-12-20-17(15-19)13-14-23(20)21(24)4-2/h7-12,15,22H,3-6,13-14H2,1-2H3. The molecule has 1 amide bonds. The van der Waals surface area contributed by atoms with Gasteiger partial charge in [-0.15, -0.1) is 0 Å². The summed E-state index contributed by atoms with van der Waals surface area (Å²) in [5.41, 5.74) is 3.48. The Morgan fingerprint density at radius 3 is 2.52 bits per heavy atom. The smallest absolute Gasteiger partial charge is 0.261 e. The van der Waals surface area contributed by atoms with E-state index >= 15 is 0 Å². The highest BCUT2D eigenvalue weighted by Gasteiger charge is 2.25. The molecule has 0 saturated carbocycles. The van der Waals surface area contributed by atoms with Crippen LogP contribution in [0.1, 0.15) is 44.2 Å². The van der Waals surface area contributed by atoms with Crippen molar-refractivity contribution in [3.05, 3.63) is 53.6 Å². The number of sulfonamides is 1. The van der Waals surface area contributed by atoms with Gasteiger partial charge in [0.2, 0.25) is 5.91 Å². The van der Waals surface area contributed by atoms with Crippen LogP contribution in [0.4, 0.5) is 11.4 Å². The number of nitrogens with zero attached hydrogens (tertiary/aromatic N) is 1. The van der Waals surface area contributed by atoms with E-state index in [1.165, 1.54) is 5.56 Å². The van der Waals surface area contributed by atoms with Gasteiger partial charge in [0.1, 0.15) is 0 Å². The summed E-state index contributed by atoms with van der Waals surface area (Å²) in [7, 11) is -3.66. The molecule has 5 nitrogen and oxygen atoms in total. The molecule has 0 spiro atoms. The largest absolute Gasteiger partial charge is 0.312 e. The third kappa shape index (κ3) is 4.33. The first kappa shape index (κ1) is 19.4. The number of hydrogen-bond acceptors (Lipinski definition) is 3. The maximum atomic E-state index is 12.7. The minimum atomic E-state index is -3.66. The summed E-state index contributed by atoms with van der Waals surface area (Å²) in [5.74, 6) is 0.0608. The molecule has 0 aromatic heterocycles. The fraction of sp³-hybridized carbons (Fsp3) is 0.381. The molecule has 0 atom stereocenters. The molecule has 0 unspecified atom stereocenters. The van der Waals surface area contributed by atoms with Gasteiger partial charge in [0.15, 0.2) is 0 Å². The number of carbonyl (C=O) groups is 1. The lowest BCUT2D eigenvalue weighted by atomic mass is 10.1. The van der Waals surface area contributed by atoms with Gasteiger partial charge in [-0.25, -0.2) is 8.42 Å². The molecule has 27 heavy (non-hydrogen) atoms. The molecule has 1 aliphatic rings. The molecule has 0 radical (unpaired) electrons. The second kappa shape index (κ2) is 8.13. The van der Waals surface area contributed by atoms with Crippen LogP contribution < -0.4 is 9.62 Å². The van der Waals surface area contributed by atoms with Crippen LogP contribution in [0.25, 0.3) is 0 Å². The Morgan fingerprint density at radius 2 is 1.85 bits per heavy atom. The molecule has 0 aliphatic carbocycles. The number of amides is 1. The van der Waals surface area contributed by atoms with Gasteiger partial charge in [-0.2, -0.15) is 0 Å². The molecule has 0 fully saturated rings. The fourth-order valence-corrected chi connectivity index (χ4v) is 4.44. The Morgan fingerprint density at radius 1 is 1.11 bits per heavy atom. The van der Waals surface area contributed by atoms with E-state index in [1.807, 2.05) is 19.1 Å². The first-order valence-corrected chi connectivity index (χ1v) is 11.0. The summed E-state index contributed by atoms with van der Waals surface area (Å²) in [6.07, 6.45) is 4.37. The normalized spacial score (nSPS) is 13.5. The number of rotatable bonds is 7. The summed E-state index contributed by atoms with van der Waals surface area (Å²) in [6, 6.07) is 12.5. The molecule has 6 heteroatoms. The molecular weight excluding hydrogens is 360 g/mol. The number of benzene rings is 2. The van der Waals surface area contributed by atoms with Crippen LogP contribution in [-0.4, -0.2) is 20.9 Å². The summed E-state index contributed by atoms with van der Waals surface area (Å²) in [5, 5.41) is 0. The number of nitrogens with one attached hydrogen (secondary N) is 1. The molecule has 2 aromatic rings. The molecule has 0 bridgehead atoms. The maximum absolute atomic E-state index is 12.7. The molecule has 3 rings (SSSR count). The zero-order valence-corrected chi connectivity index (χ0v) is 16.7. The van der Waals surface area contributed by atoms with Crippen molar-refractivity contribution >= 4 is 27.3 Å². The minimum Gasteiger partial charge on any atom is -0.312 e. The summed E-state index contributed by atoms with van der Waals surface area (Å²) in [4.78, 5) is 13.9. The molecule has 144 valence electrons. The van der Waals surface area contributed by atoms with Crippen molar-refractivity contribution in [1.82, 2.24) is 0 Å². The predicted molar refractivity (Wildman–Crippen MR) is 109 cm³/mol. The number of aryl methyl sites for hydroxylation is 1. The molecule has 0 saturated heterocycles. The van der Waals surface area contributed by atoms with Crippen LogP contribution in [0, 0.1) is 0 Å². The first-order chi connectivity index (χ1) is 12.9. The van der Waals surface area contributed by atoms with Crippen LogP contribution in [0.2, 0.25) is 0 Å². The zero-order chi connectivity index (χ0) is 19.4. The van der Waals surface area contributed by atoms with E-state index < -0.39 is 10.0 Å². The second-order valence-electron chi connectivity index (χ2n) is 6.85. The first-order valence-electron chi connectivity index (χ1n) is 9.49. The highest BCUT2D eigenvalue weighted by molar-refractivity contribution is 7.92. The van der Waals surface area contributed by atoms with Crippen molar-refractivity contribution in [1.29, 1.82) is 0 Å². The van der Waals surface area contributed by atoms with Crippen LogP contribution in [-0.2, 0) is 27.7 Å². The average Bonchev–Trinajstić information content (AvgIpc) is 3.10. The van der Waals surface area contributed by atoms with Gasteiger partial charge in [-0.3, -0.25) is 9.52 Å². The molecule has 2 aromatic carbocycles. The lowest BCUT2D eigenvalue weighted by Gasteiger charge is -2.16. The molecule has 1 heterocycles. The van der Waals surface area contributed by atoms with Gasteiger partial charge in [0, 0.05) is 24.3 Å². The predicted octanol–water partition coefficient (Wildman–Crippen LogP) is 4.13. The number of hydrogen-bond donors (Lipinski definition) is 1. The van der Waals surface area contributed by atoms with E-state index in [0.717, 1.165) is 30.5 Å². The van der Waals surface area contributed by atoms with Crippen LogP contribution in [0.5, 0.6) is 0 Å². The van der Waals surface area contributed by atoms with Gasteiger partial charge >= 0.3 is 0 Å². The van der Waals surface area contributed by atoms with Crippen molar-refractivity contribution in [3.63, 3.8) is 0 Å². The Bertz CT molecular complexity index is 921. The average molecular weight is 387 g/mol. The van der Waals surface area contributed by atoms with E-state index in [4.69, 9.17) is 0 Å². The van der Waals surface area contributed by atoms with Crippen LogP contribution >= 0.6 is 0 Å². The highest BCUT2D eigenvalue weighted by Crippen LogP contribution is 2.31. The van der Waals surface area contributed by atoms with E-state index in [9.17, 15) is 13.2 Å². The second-order valence-corrected chi connectivity index (χ2v) is 8.53. The van der Waals surface area contributed by atoms with E-state index in [2.05, 4.69) is 11.6 Å². The van der Waals surface area contributed by atoms with Gasteiger partial charge in [-0.1, -0.05) is 32.4 Å². The number of fused-ring (bicyclic) bond motifs is 1. The minimum absolute atomic E-state index is 0.0608.